The lowest BCUT2D eigenvalue weighted by atomic mass is 9.83. The summed E-state index contributed by atoms with van der Waals surface area (Å²) in [6.07, 6.45) is 5.69. The van der Waals surface area contributed by atoms with Crippen LogP contribution in [0.15, 0.2) is 71.1 Å². The predicted molar refractivity (Wildman–Crippen MR) is 125 cm³/mol. The topological polar surface area (TPSA) is 55.1 Å². The highest BCUT2D eigenvalue weighted by atomic mass is 16.4. The van der Waals surface area contributed by atoms with Crippen LogP contribution in [0, 0.1) is 12.8 Å². The molecule has 156 valence electrons. The first-order valence-electron chi connectivity index (χ1n) is 11.0. The van der Waals surface area contributed by atoms with Gasteiger partial charge in [0.2, 0.25) is 0 Å². The summed E-state index contributed by atoms with van der Waals surface area (Å²) in [7, 11) is 0. The Hall–Kier alpha value is -3.40. The van der Waals surface area contributed by atoms with Crippen molar-refractivity contribution in [3.05, 3.63) is 77.9 Å². The van der Waals surface area contributed by atoms with Gasteiger partial charge < -0.3 is 9.73 Å². The Labute approximate surface area is 182 Å². The summed E-state index contributed by atoms with van der Waals surface area (Å²) in [6.45, 7) is 2.03. The molecule has 4 heteroatoms. The number of carbonyl (C=O) groups excluding carboxylic acids is 1. The van der Waals surface area contributed by atoms with E-state index in [-0.39, 0.29) is 5.92 Å². The number of nitrogens with one attached hydrogen (secondary N) is 1. The minimum Gasteiger partial charge on any atom is -0.423 e. The zero-order valence-electron chi connectivity index (χ0n) is 17.7. The molecule has 0 radical (unpaired) electrons. The van der Waals surface area contributed by atoms with E-state index >= 15 is 0 Å². The van der Waals surface area contributed by atoms with Crippen LogP contribution >= 0.6 is 0 Å². The molecule has 0 bridgehead atoms. The zero-order chi connectivity index (χ0) is 21.2. The standard InChI is InChI=1S/C27H26N2O2/c1-18-7-16-24-25(17-18)31-27(29-24)28-23-14-12-20(13-15-23)19-8-10-22(11-9-19)26(30)21-5-3-2-4-6-21/h7-17,21H,2-6H2,1H3,(H,28,29). The highest BCUT2D eigenvalue weighted by Crippen LogP contribution is 2.29. The number of Topliss-reactive ketones (excluding diaryl/α,β-unsaturated/α-hetero) is 1. The Morgan fingerprint density at radius 3 is 2.29 bits per heavy atom. The molecule has 5 rings (SSSR count). The predicted octanol–water partition coefficient (Wildman–Crippen LogP) is 7.31. The molecule has 4 aromatic rings. The molecule has 1 aliphatic rings. The van der Waals surface area contributed by atoms with Gasteiger partial charge in [-0.15, -0.1) is 0 Å². The normalized spacial score (nSPS) is 14.6. The number of rotatable bonds is 5. The minimum atomic E-state index is 0.209. The monoisotopic (exact) mass is 410 g/mol. The molecular formula is C27H26N2O2. The lowest BCUT2D eigenvalue weighted by Crippen LogP contribution is -2.17. The number of hydrogen-bond donors (Lipinski definition) is 1. The number of carbonyl (C=O) groups is 1. The van der Waals surface area contributed by atoms with Crippen LogP contribution in [-0.2, 0) is 0 Å². The fourth-order valence-electron chi connectivity index (χ4n) is 4.38. The zero-order valence-corrected chi connectivity index (χ0v) is 17.7. The Bertz CT molecular complexity index is 1200. The fourth-order valence-corrected chi connectivity index (χ4v) is 4.38. The third-order valence-electron chi connectivity index (χ3n) is 6.16. The minimum absolute atomic E-state index is 0.209. The maximum Gasteiger partial charge on any atom is 0.300 e. The van der Waals surface area contributed by atoms with E-state index in [9.17, 15) is 4.79 Å². The van der Waals surface area contributed by atoms with Gasteiger partial charge in [-0.1, -0.05) is 61.7 Å². The Morgan fingerprint density at radius 1 is 0.903 bits per heavy atom. The largest absolute Gasteiger partial charge is 0.423 e. The molecule has 1 aromatic heterocycles. The molecule has 0 saturated heterocycles. The number of aromatic nitrogens is 1. The molecular weight excluding hydrogens is 384 g/mol. The summed E-state index contributed by atoms with van der Waals surface area (Å²) in [4.78, 5) is 17.2. The summed E-state index contributed by atoms with van der Waals surface area (Å²) in [5, 5.41) is 3.23. The first kappa shape index (κ1) is 19.6. The van der Waals surface area contributed by atoms with E-state index in [2.05, 4.69) is 22.4 Å². The smallest absolute Gasteiger partial charge is 0.300 e. The first-order valence-corrected chi connectivity index (χ1v) is 11.0. The Morgan fingerprint density at radius 2 is 1.58 bits per heavy atom. The third kappa shape index (κ3) is 4.24. The van der Waals surface area contributed by atoms with Gasteiger partial charge >= 0.3 is 0 Å². The van der Waals surface area contributed by atoms with Crippen LogP contribution in [0.4, 0.5) is 11.7 Å². The van der Waals surface area contributed by atoms with Crippen molar-refractivity contribution in [2.24, 2.45) is 5.92 Å². The maximum absolute atomic E-state index is 12.7. The molecule has 1 aliphatic carbocycles. The summed E-state index contributed by atoms with van der Waals surface area (Å²) in [5.74, 6) is 0.514. The van der Waals surface area contributed by atoms with Gasteiger partial charge in [-0.2, -0.15) is 4.98 Å². The van der Waals surface area contributed by atoms with Crippen molar-refractivity contribution in [3.8, 4) is 11.1 Å². The van der Waals surface area contributed by atoms with Crippen molar-refractivity contribution in [1.82, 2.24) is 4.98 Å². The first-order chi connectivity index (χ1) is 15.2. The van der Waals surface area contributed by atoms with Crippen LogP contribution in [0.1, 0.15) is 48.0 Å². The lowest BCUT2D eigenvalue weighted by molar-refractivity contribution is 0.0889. The molecule has 31 heavy (non-hydrogen) atoms. The van der Waals surface area contributed by atoms with Crippen LogP contribution in [-0.4, -0.2) is 10.8 Å². The number of oxazole rings is 1. The molecule has 0 spiro atoms. The van der Waals surface area contributed by atoms with Gasteiger partial charge in [0.1, 0.15) is 5.52 Å². The van der Waals surface area contributed by atoms with Crippen molar-refractivity contribution >= 4 is 28.6 Å². The van der Waals surface area contributed by atoms with Crippen molar-refractivity contribution in [3.63, 3.8) is 0 Å². The van der Waals surface area contributed by atoms with Crippen molar-refractivity contribution in [2.75, 3.05) is 5.32 Å². The van der Waals surface area contributed by atoms with E-state index < -0.39 is 0 Å². The second-order valence-electron chi connectivity index (χ2n) is 8.47. The molecule has 0 amide bonds. The molecule has 0 unspecified atom stereocenters. The van der Waals surface area contributed by atoms with Gasteiger partial charge in [-0.3, -0.25) is 4.79 Å². The van der Waals surface area contributed by atoms with Gasteiger partial charge in [0.15, 0.2) is 11.4 Å². The van der Waals surface area contributed by atoms with Gasteiger partial charge in [0.05, 0.1) is 0 Å². The molecule has 1 heterocycles. The van der Waals surface area contributed by atoms with Crippen molar-refractivity contribution in [1.29, 1.82) is 0 Å². The summed E-state index contributed by atoms with van der Waals surface area (Å²) >= 11 is 0. The van der Waals surface area contributed by atoms with Crippen LogP contribution in [0.25, 0.3) is 22.2 Å². The highest BCUT2D eigenvalue weighted by Gasteiger charge is 2.22. The Kier molecular flexibility index (Phi) is 5.29. The van der Waals surface area contributed by atoms with Gasteiger partial charge in [-0.25, -0.2) is 0 Å². The maximum atomic E-state index is 12.7. The van der Waals surface area contributed by atoms with E-state index in [1.54, 1.807) is 0 Å². The van der Waals surface area contributed by atoms with Crippen molar-refractivity contribution < 1.29 is 9.21 Å². The number of benzene rings is 3. The number of aryl methyl sites for hydroxylation is 1. The Balaban J connectivity index is 1.28. The summed E-state index contributed by atoms with van der Waals surface area (Å²) < 4.78 is 5.80. The van der Waals surface area contributed by atoms with E-state index in [4.69, 9.17) is 4.42 Å². The highest BCUT2D eigenvalue weighted by molar-refractivity contribution is 5.98. The molecule has 4 nitrogen and oxygen atoms in total. The summed E-state index contributed by atoms with van der Waals surface area (Å²) in [6, 6.07) is 22.6. The molecule has 3 aromatic carbocycles. The number of hydrogen-bond acceptors (Lipinski definition) is 4. The molecule has 1 fully saturated rings. The van der Waals surface area contributed by atoms with Crippen LogP contribution in [0.3, 0.4) is 0 Å². The average Bonchev–Trinajstić information content (AvgIpc) is 3.21. The van der Waals surface area contributed by atoms with Crippen molar-refractivity contribution in [2.45, 2.75) is 39.0 Å². The van der Waals surface area contributed by atoms with E-state index in [0.29, 0.717) is 11.8 Å². The van der Waals surface area contributed by atoms with Gasteiger partial charge in [0, 0.05) is 17.2 Å². The second-order valence-corrected chi connectivity index (χ2v) is 8.47. The molecule has 0 aliphatic heterocycles. The van der Waals surface area contributed by atoms with E-state index in [1.807, 2.05) is 61.5 Å². The van der Waals surface area contributed by atoms with Gasteiger partial charge in [-0.05, 0) is 60.7 Å². The quantitative estimate of drug-likeness (QED) is 0.350. The molecule has 1 N–H and O–H groups in total. The second kappa shape index (κ2) is 8.38. The lowest BCUT2D eigenvalue weighted by Gasteiger charge is -2.20. The fraction of sp³-hybridized carbons (Fsp3) is 0.259. The number of anilines is 2. The number of nitrogens with zero attached hydrogens (tertiary/aromatic N) is 1. The molecule has 1 saturated carbocycles. The third-order valence-corrected chi connectivity index (χ3v) is 6.16. The van der Waals surface area contributed by atoms with Gasteiger partial charge in [0.25, 0.3) is 6.01 Å². The van der Waals surface area contributed by atoms with Crippen LogP contribution in [0.2, 0.25) is 0 Å². The van der Waals surface area contributed by atoms with E-state index in [1.165, 1.54) is 19.3 Å². The average molecular weight is 411 g/mol. The number of ketones is 1. The number of fused-ring (bicyclic) bond motifs is 1. The van der Waals surface area contributed by atoms with E-state index in [0.717, 1.165) is 51.9 Å². The summed E-state index contributed by atoms with van der Waals surface area (Å²) in [5.41, 5.74) is 6.72. The molecule has 0 atom stereocenters. The van der Waals surface area contributed by atoms with Crippen LogP contribution in [0.5, 0.6) is 0 Å². The SMILES string of the molecule is Cc1ccc2nc(Nc3ccc(-c4ccc(C(=O)C5CCCCC5)cc4)cc3)oc2c1. The van der Waals surface area contributed by atoms with Crippen LogP contribution < -0.4 is 5.32 Å².